The van der Waals surface area contributed by atoms with Gasteiger partial charge in [-0.25, -0.2) is 4.98 Å². The Balaban J connectivity index is 1.85. The molecule has 1 atom stereocenters. The highest BCUT2D eigenvalue weighted by Crippen LogP contribution is 2.30. The number of benzene rings is 2. The molecule has 8 heteroatoms. The smallest absolute Gasteiger partial charge is 0.307 e. The highest BCUT2D eigenvalue weighted by atomic mass is 35.5. The Morgan fingerprint density at radius 3 is 2.53 bits per heavy atom. The standard InChI is InChI=1S/C22H21ClN2O4S/c1-13-20(30-22(24-13)15-5-4-6-16(23)11-15)21(27)25-18(12-19(26)29-3)14-7-9-17(28-2)10-8-14/h4-11,18H,12H2,1-3H3,(H,25,27). The molecule has 1 aromatic heterocycles. The molecule has 1 N–H and O–H groups in total. The summed E-state index contributed by atoms with van der Waals surface area (Å²) < 4.78 is 9.97. The lowest BCUT2D eigenvalue weighted by Gasteiger charge is -2.18. The van der Waals surface area contributed by atoms with Gasteiger partial charge >= 0.3 is 5.97 Å². The van der Waals surface area contributed by atoms with Gasteiger partial charge in [0.2, 0.25) is 0 Å². The number of ether oxygens (including phenoxy) is 2. The summed E-state index contributed by atoms with van der Waals surface area (Å²) in [6, 6.07) is 13.9. The van der Waals surface area contributed by atoms with E-state index in [1.165, 1.54) is 18.4 Å². The topological polar surface area (TPSA) is 77.5 Å². The molecule has 1 unspecified atom stereocenters. The van der Waals surface area contributed by atoms with Gasteiger partial charge in [0.05, 0.1) is 32.4 Å². The summed E-state index contributed by atoms with van der Waals surface area (Å²) in [4.78, 5) is 29.9. The Morgan fingerprint density at radius 2 is 1.90 bits per heavy atom. The molecular formula is C22H21ClN2O4S. The third-order valence-electron chi connectivity index (χ3n) is 4.50. The van der Waals surface area contributed by atoms with E-state index >= 15 is 0 Å². The molecule has 0 aliphatic heterocycles. The van der Waals surface area contributed by atoms with Crippen molar-refractivity contribution in [3.8, 4) is 16.3 Å². The molecule has 30 heavy (non-hydrogen) atoms. The number of nitrogens with one attached hydrogen (secondary N) is 1. The minimum absolute atomic E-state index is 0.00751. The van der Waals surface area contributed by atoms with Crippen LogP contribution in [-0.4, -0.2) is 31.1 Å². The van der Waals surface area contributed by atoms with Crippen molar-refractivity contribution in [3.05, 3.63) is 69.7 Å². The van der Waals surface area contributed by atoms with Crippen molar-refractivity contribution >= 4 is 34.8 Å². The van der Waals surface area contributed by atoms with Crippen LogP contribution in [0.25, 0.3) is 10.6 Å². The first-order valence-electron chi connectivity index (χ1n) is 9.16. The summed E-state index contributed by atoms with van der Waals surface area (Å²) in [6.45, 7) is 1.78. The number of thiazole rings is 1. The number of rotatable bonds is 7. The highest BCUT2D eigenvalue weighted by Gasteiger charge is 2.23. The zero-order valence-electron chi connectivity index (χ0n) is 16.8. The number of amides is 1. The summed E-state index contributed by atoms with van der Waals surface area (Å²) in [7, 11) is 2.90. The molecule has 0 fully saturated rings. The van der Waals surface area contributed by atoms with Crippen LogP contribution in [0.15, 0.2) is 48.5 Å². The minimum Gasteiger partial charge on any atom is -0.497 e. The molecule has 6 nitrogen and oxygen atoms in total. The maximum absolute atomic E-state index is 13.0. The number of hydrogen-bond acceptors (Lipinski definition) is 6. The van der Waals surface area contributed by atoms with Crippen molar-refractivity contribution < 1.29 is 19.1 Å². The van der Waals surface area contributed by atoms with Crippen molar-refractivity contribution in [1.82, 2.24) is 10.3 Å². The van der Waals surface area contributed by atoms with Crippen LogP contribution in [0.1, 0.15) is 33.4 Å². The fourth-order valence-electron chi connectivity index (χ4n) is 2.91. The Morgan fingerprint density at radius 1 is 1.17 bits per heavy atom. The lowest BCUT2D eigenvalue weighted by atomic mass is 10.0. The first-order chi connectivity index (χ1) is 14.4. The predicted molar refractivity (Wildman–Crippen MR) is 117 cm³/mol. The molecule has 0 aliphatic carbocycles. The lowest BCUT2D eigenvalue weighted by Crippen LogP contribution is -2.30. The van der Waals surface area contributed by atoms with Crippen LogP contribution in [-0.2, 0) is 9.53 Å². The summed E-state index contributed by atoms with van der Waals surface area (Å²) in [6.07, 6.45) is 0.00751. The molecule has 0 saturated heterocycles. The normalized spacial score (nSPS) is 11.6. The quantitative estimate of drug-likeness (QED) is 0.529. The number of methoxy groups -OCH3 is 2. The number of aromatic nitrogens is 1. The van der Waals surface area contributed by atoms with E-state index in [1.54, 1.807) is 38.3 Å². The van der Waals surface area contributed by atoms with Gasteiger partial charge in [-0.15, -0.1) is 11.3 Å². The number of halogens is 1. The van der Waals surface area contributed by atoms with Crippen molar-refractivity contribution in [2.24, 2.45) is 0 Å². The maximum atomic E-state index is 13.0. The van der Waals surface area contributed by atoms with Crippen LogP contribution in [0.4, 0.5) is 0 Å². The molecule has 0 radical (unpaired) electrons. The van der Waals surface area contributed by atoms with Gasteiger partial charge in [-0.2, -0.15) is 0 Å². The second-order valence-corrected chi connectivity index (χ2v) is 7.96. The Labute approximate surface area is 183 Å². The van der Waals surface area contributed by atoms with Crippen molar-refractivity contribution in [3.63, 3.8) is 0 Å². The number of esters is 1. The number of carbonyl (C=O) groups is 2. The fraction of sp³-hybridized carbons (Fsp3) is 0.227. The number of hydrogen-bond donors (Lipinski definition) is 1. The first kappa shape index (κ1) is 21.8. The van der Waals surface area contributed by atoms with E-state index in [9.17, 15) is 9.59 Å². The van der Waals surface area contributed by atoms with Crippen LogP contribution in [0.2, 0.25) is 5.02 Å². The maximum Gasteiger partial charge on any atom is 0.307 e. The minimum atomic E-state index is -0.549. The Bertz CT molecular complexity index is 1050. The fourth-order valence-corrected chi connectivity index (χ4v) is 4.07. The van der Waals surface area contributed by atoms with Gasteiger partial charge in [-0.05, 0) is 36.8 Å². The SMILES string of the molecule is COC(=O)CC(NC(=O)c1sc(-c2cccc(Cl)c2)nc1C)c1ccc(OC)cc1. The van der Waals surface area contributed by atoms with Gasteiger partial charge in [-0.1, -0.05) is 35.9 Å². The lowest BCUT2D eigenvalue weighted by molar-refractivity contribution is -0.141. The van der Waals surface area contributed by atoms with Crippen LogP contribution in [0.5, 0.6) is 5.75 Å². The Hall–Kier alpha value is -2.90. The molecule has 2 aromatic carbocycles. The van der Waals surface area contributed by atoms with Crippen LogP contribution in [0, 0.1) is 6.92 Å². The summed E-state index contributed by atoms with van der Waals surface area (Å²) >= 11 is 7.35. The van der Waals surface area contributed by atoms with E-state index in [0.717, 1.165) is 11.1 Å². The van der Waals surface area contributed by atoms with Gasteiger partial charge < -0.3 is 14.8 Å². The van der Waals surface area contributed by atoms with Crippen molar-refractivity contribution in [1.29, 1.82) is 0 Å². The predicted octanol–water partition coefficient (Wildman–Crippen LogP) is 4.81. The zero-order chi connectivity index (χ0) is 21.7. The van der Waals surface area contributed by atoms with Crippen LogP contribution < -0.4 is 10.1 Å². The zero-order valence-corrected chi connectivity index (χ0v) is 18.3. The first-order valence-corrected chi connectivity index (χ1v) is 10.4. The summed E-state index contributed by atoms with van der Waals surface area (Å²) in [5, 5.41) is 4.24. The summed E-state index contributed by atoms with van der Waals surface area (Å²) in [5.41, 5.74) is 2.22. The molecule has 0 aliphatic rings. The molecular weight excluding hydrogens is 424 g/mol. The molecule has 156 valence electrons. The third-order valence-corrected chi connectivity index (χ3v) is 5.94. The summed E-state index contributed by atoms with van der Waals surface area (Å²) in [5.74, 6) is -0.0360. The van der Waals surface area contributed by atoms with Crippen LogP contribution >= 0.6 is 22.9 Å². The second-order valence-electron chi connectivity index (χ2n) is 6.52. The van der Waals surface area contributed by atoms with Gasteiger partial charge in [0.1, 0.15) is 15.6 Å². The van der Waals surface area contributed by atoms with Gasteiger partial charge in [-0.3, -0.25) is 9.59 Å². The van der Waals surface area contributed by atoms with E-state index in [0.29, 0.717) is 26.4 Å². The van der Waals surface area contributed by atoms with Crippen LogP contribution in [0.3, 0.4) is 0 Å². The van der Waals surface area contributed by atoms with Crippen molar-refractivity contribution in [2.75, 3.05) is 14.2 Å². The molecule has 3 aromatic rings. The molecule has 0 spiro atoms. The average Bonchev–Trinajstić information content (AvgIpc) is 3.15. The number of carbonyl (C=O) groups excluding carboxylic acids is 2. The van der Waals surface area contributed by atoms with E-state index in [1.807, 2.05) is 24.3 Å². The second kappa shape index (κ2) is 9.73. The Kier molecular flexibility index (Phi) is 7.07. The van der Waals surface area contributed by atoms with Gasteiger partial charge in [0, 0.05) is 10.6 Å². The van der Waals surface area contributed by atoms with E-state index < -0.39 is 12.0 Å². The molecule has 1 heterocycles. The van der Waals surface area contributed by atoms with Gasteiger partial charge in [0.15, 0.2) is 0 Å². The number of aryl methyl sites for hydroxylation is 1. The molecule has 1 amide bonds. The molecule has 3 rings (SSSR count). The van der Waals surface area contributed by atoms with E-state index in [-0.39, 0.29) is 12.3 Å². The van der Waals surface area contributed by atoms with E-state index in [2.05, 4.69) is 10.3 Å². The molecule has 0 saturated carbocycles. The molecule has 0 bridgehead atoms. The third kappa shape index (κ3) is 5.17. The highest BCUT2D eigenvalue weighted by molar-refractivity contribution is 7.17. The van der Waals surface area contributed by atoms with Crippen molar-refractivity contribution in [2.45, 2.75) is 19.4 Å². The number of nitrogens with zero attached hydrogens (tertiary/aromatic N) is 1. The van der Waals surface area contributed by atoms with E-state index in [4.69, 9.17) is 21.1 Å². The van der Waals surface area contributed by atoms with Gasteiger partial charge in [0.25, 0.3) is 5.91 Å². The average molecular weight is 445 g/mol. The largest absolute Gasteiger partial charge is 0.497 e. The monoisotopic (exact) mass is 444 g/mol.